The fourth-order valence-electron chi connectivity index (χ4n) is 2.68. The molecule has 0 aliphatic carbocycles. The maximum atomic E-state index is 12.4. The lowest BCUT2D eigenvalue weighted by Gasteiger charge is -2.23. The SMILES string of the molecule is Cc1ccccc1N(CC(=O)Nc1ccc(-n2ccnc2)cc1)S(C)(=O)=O. The van der Waals surface area contributed by atoms with Gasteiger partial charge in [-0.05, 0) is 42.8 Å². The van der Waals surface area contributed by atoms with Crippen LogP contribution in [0.15, 0.2) is 67.3 Å². The van der Waals surface area contributed by atoms with Gasteiger partial charge in [0.15, 0.2) is 0 Å². The van der Waals surface area contributed by atoms with Crippen molar-refractivity contribution in [3.05, 3.63) is 72.8 Å². The summed E-state index contributed by atoms with van der Waals surface area (Å²) in [7, 11) is -3.60. The van der Waals surface area contributed by atoms with Crippen molar-refractivity contribution in [3.8, 4) is 5.69 Å². The Labute approximate surface area is 158 Å². The van der Waals surface area contributed by atoms with Crippen molar-refractivity contribution < 1.29 is 13.2 Å². The lowest BCUT2D eigenvalue weighted by molar-refractivity contribution is -0.114. The zero-order chi connectivity index (χ0) is 19.4. The Hall–Kier alpha value is -3.13. The molecule has 140 valence electrons. The molecule has 0 atom stereocenters. The van der Waals surface area contributed by atoms with Gasteiger partial charge in [-0.25, -0.2) is 13.4 Å². The van der Waals surface area contributed by atoms with Crippen molar-refractivity contribution in [2.24, 2.45) is 0 Å². The molecule has 1 amide bonds. The summed E-state index contributed by atoms with van der Waals surface area (Å²) >= 11 is 0. The third-order valence-electron chi connectivity index (χ3n) is 4.03. The standard InChI is InChI=1S/C19H20N4O3S/c1-15-5-3-4-6-18(15)23(27(2,25)26)13-19(24)21-16-7-9-17(10-8-16)22-12-11-20-14-22/h3-12,14H,13H2,1-2H3,(H,21,24). The van der Waals surface area contributed by atoms with E-state index >= 15 is 0 Å². The van der Waals surface area contributed by atoms with E-state index in [0.717, 1.165) is 21.8 Å². The molecule has 0 fully saturated rings. The van der Waals surface area contributed by atoms with Crippen LogP contribution < -0.4 is 9.62 Å². The first-order valence-electron chi connectivity index (χ1n) is 8.26. The average Bonchev–Trinajstić information content (AvgIpc) is 3.15. The van der Waals surface area contributed by atoms with E-state index in [1.165, 1.54) is 0 Å². The van der Waals surface area contributed by atoms with Crippen molar-refractivity contribution in [2.75, 3.05) is 22.4 Å². The molecule has 0 aliphatic heterocycles. The van der Waals surface area contributed by atoms with E-state index < -0.39 is 15.9 Å². The molecule has 0 spiro atoms. The molecule has 1 heterocycles. The summed E-state index contributed by atoms with van der Waals surface area (Å²) in [5.74, 6) is -0.418. The number of carbonyl (C=O) groups excluding carboxylic acids is 1. The Morgan fingerprint density at radius 1 is 1.15 bits per heavy atom. The number of benzene rings is 2. The number of carbonyl (C=O) groups is 1. The highest BCUT2D eigenvalue weighted by atomic mass is 32.2. The normalized spacial score (nSPS) is 11.2. The van der Waals surface area contributed by atoms with Crippen molar-refractivity contribution >= 4 is 27.3 Å². The van der Waals surface area contributed by atoms with Gasteiger partial charge < -0.3 is 9.88 Å². The zero-order valence-electron chi connectivity index (χ0n) is 15.0. The number of nitrogens with one attached hydrogen (secondary N) is 1. The molecular weight excluding hydrogens is 364 g/mol. The maximum absolute atomic E-state index is 12.4. The predicted octanol–water partition coefficient (Wildman–Crippen LogP) is 2.59. The average molecular weight is 384 g/mol. The van der Waals surface area contributed by atoms with Crippen molar-refractivity contribution in [3.63, 3.8) is 0 Å². The van der Waals surface area contributed by atoms with Crippen LogP contribution in [0.1, 0.15) is 5.56 Å². The number of para-hydroxylation sites is 1. The molecular formula is C19H20N4O3S. The van der Waals surface area contributed by atoms with E-state index in [1.807, 2.05) is 29.0 Å². The van der Waals surface area contributed by atoms with E-state index in [4.69, 9.17) is 0 Å². The minimum absolute atomic E-state index is 0.299. The summed E-state index contributed by atoms with van der Waals surface area (Å²) in [5, 5.41) is 2.74. The summed E-state index contributed by atoms with van der Waals surface area (Å²) < 4.78 is 27.3. The van der Waals surface area contributed by atoms with E-state index in [2.05, 4.69) is 10.3 Å². The van der Waals surface area contributed by atoms with Crippen LogP contribution in [-0.4, -0.2) is 36.7 Å². The molecule has 1 aromatic heterocycles. The molecule has 0 unspecified atom stereocenters. The fraction of sp³-hybridized carbons (Fsp3) is 0.158. The molecule has 7 nitrogen and oxygen atoms in total. The molecule has 2 aromatic carbocycles. The first kappa shape index (κ1) is 18.7. The van der Waals surface area contributed by atoms with Gasteiger partial charge in [-0.2, -0.15) is 0 Å². The van der Waals surface area contributed by atoms with Gasteiger partial charge in [0.25, 0.3) is 0 Å². The molecule has 0 aliphatic rings. The Morgan fingerprint density at radius 2 is 1.85 bits per heavy atom. The topological polar surface area (TPSA) is 84.3 Å². The number of rotatable bonds is 6. The van der Waals surface area contributed by atoms with E-state index in [-0.39, 0.29) is 6.54 Å². The van der Waals surface area contributed by atoms with Gasteiger partial charge in [-0.15, -0.1) is 0 Å². The van der Waals surface area contributed by atoms with Crippen LogP contribution in [0.5, 0.6) is 0 Å². The predicted molar refractivity (Wildman–Crippen MR) is 106 cm³/mol. The van der Waals surface area contributed by atoms with E-state index in [9.17, 15) is 13.2 Å². The van der Waals surface area contributed by atoms with E-state index in [1.54, 1.807) is 49.8 Å². The Morgan fingerprint density at radius 3 is 2.44 bits per heavy atom. The van der Waals surface area contributed by atoms with Gasteiger partial charge in [-0.1, -0.05) is 18.2 Å². The summed E-state index contributed by atoms with van der Waals surface area (Å²) in [5.41, 5.74) is 2.76. The minimum atomic E-state index is -3.60. The van der Waals surface area contributed by atoms with Gasteiger partial charge in [-0.3, -0.25) is 9.10 Å². The molecule has 0 radical (unpaired) electrons. The van der Waals surface area contributed by atoms with Gasteiger partial charge in [0, 0.05) is 23.8 Å². The highest BCUT2D eigenvalue weighted by Gasteiger charge is 2.22. The summed E-state index contributed by atoms with van der Waals surface area (Å²) in [6.07, 6.45) is 6.27. The number of sulfonamides is 1. The van der Waals surface area contributed by atoms with Gasteiger partial charge in [0.2, 0.25) is 15.9 Å². The highest BCUT2D eigenvalue weighted by molar-refractivity contribution is 7.92. The molecule has 0 saturated carbocycles. The molecule has 3 rings (SSSR count). The zero-order valence-corrected chi connectivity index (χ0v) is 15.8. The maximum Gasteiger partial charge on any atom is 0.245 e. The Kier molecular flexibility index (Phi) is 5.27. The quantitative estimate of drug-likeness (QED) is 0.708. The largest absolute Gasteiger partial charge is 0.325 e. The van der Waals surface area contributed by atoms with Crippen LogP contribution in [0.4, 0.5) is 11.4 Å². The molecule has 1 N–H and O–H groups in total. The molecule has 0 saturated heterocycles. The number of aryl methyl sites for hydroxylation is 1. The van der Waals surface area contributed by atoms with E-state index in [0.29, 0.717) is 11.4 Å². The third kappa shape index (κ3) is 4.53. The van der Waals surface area contributed by atoms with Crippen LogP contribution in [0.25, 0.3) is 5.69 Å². The van der Waals surface area contributed by atoms with Gasteiger partial charge >= 0.3 is 0 Å². The van der Waals surface area contributed by atoms with Gasteiger partial charge in [0.1, 0.15) is 6.54 Å². The molecule has 27 heavy (non-hydrogen) atoms. The first-order chi connectivity index (χ1) is 12.8. The van der Waals surface area contributed by atoms with Crippen molar-refractivity contribution in [1.29, 1.82) is 0 Å². The van der Waals surface area contributed by atoms with Crippen LogP contribution in [0, 0.1) is 6.92 Å². The second-order valence-corrected chi connectivity index (χ2v) is 8.03. The molecule has 0 bridgehead atoms. The van der Waals surface area contributed by atoms with Crippen LogP contribution in [0.3, 0.4) is 0 Å². The number of nitrogens with zero attached hydrogens (tertiary/aromatic N) is 3. The number of anilines is 2. The summed E-state index contributed by atoms with van der Waals surface area (Å²) in [4.78, 5) is 16.4. The lowest BCUT2D eigenvalue weighted by atomic mass is 10.2. The fourth-order valence-corrected chi connectivity index (χ4v) is 3.60. The van der Waals surface area contributed by atoms with Crippen LogP contribution >= 0.6 is 0 Å². The molecule has 8 heteroatoms. The minimum Gasteiger partial charge on any atom is -0.325 e. The van der Waals surface area contributed by atoms with Gasteiger partial charge in [0.05, 0.1) is 18.3 Å². The number of imidazole rings is 1. The Balaban J connectivity index is 1.74. The third-order valence-corrected chi connectivity index (χ3v) is 5.15. The molecule has 3 aromatic rings. The second-order valence-electron chi connectivity index (χ2n) is 6.12. The Bertz CT molecular complexity index is 1030. The summed E-state index contributed by atoms with van der Waals surface area (Å²) in [6.45, 7) is 1.51. The van der Waals surface area contributed by atoms with Crippen LogP contribution in [0.2, 0.25) is 0 Å². The first-order valence-corrected chi connectivity index (χ1v) is 10.1. The van der Waals surface area contributed by atoms with Crippen molar-refractivity contribution in [1.82, 2.24) is 9.55 Å². The number of amides is 1. The summed E-state index contributed by atoms with van der Waals surface area (Å²) in [6, 6.07) is 14.2. The number of hydrogen-bond acceptors (Lipinski definition) is 4. The number of hydrogen-bond donors (Lipinski definition) is 1. The smallest absolute Gasteiger partial charge is 0.245 e. The second kappa shape index (κ2) is 7.63. The number of aromatic nitrogens is 2. The van der Waals surface area contributed by atoms with Crippen molar-refractivity contribution in [2.45, 2.75) is 6.92 Å². The lowest BCUT2D eigenvalue weighted by Crippen LogP contribution is -2.37. The van der Waals surface area contributed by atoms with Crippen LogP contribution in [-0.2, 0) is 14.8 Å². The highest BCUT2D eigenvalue weighted by Crippen LogP contribution is 2.22. The monoisotopic (exact) mass is 384 g/mol.